The summed E-state index contributed by atoms with van der Waals surface area (Å²) in [4.78, 5) is 16.6. The number of thiazole rings is 1. The average Bonchev–Trinajstić information content (AvgIpc) is 2.84. The van der Waals surface area contributed by atoms with E-state index in [2.05, 4.69) is 4.98 Å². The number of hydrogen-bond donors (Lipinski definition) is 1. The van der Waals surface area contributed by atoms with Crippen molar-refractivity contribution in [2.24, 2.45) is 0 Å². The number of nitro groups is 1. The summed E-state index contributed by atoms with van der Waals surface area (Å²) in [6.45, 7) is 1.23. The fourth-order valence-electron chi connectivity index (χ4n) is 1.84. The van der Waals surface area contributed by atoms with Gasteiger partial charge in [-0.25, -0.2) is 4.98 Å². The Morgan fingerprint density at radius 2 is 2.26 bits per heavy atom. The molecular formula is C12H14N4O2S. The molecule has 0 aliphatic heterocycles. The van der Waals surface area contributed by atoms with Gasteiger partial charge in [0.1, 0.15) is 5.69 Å². The Morgan fingerprint density at radius 3 is 2.89 bits per heavy atom. The first kappa shape index (κ1) is 13.4. The van der Waals surface area contributed by atoms with E-state index >= 15 is 0 Å². The molecule has 2 N–H and O–H groups in total. The number of nitrogens with two attached hydrogens (primary N) is 1. The highest BCUT2D eigenvalue weighted by Crippen LogP contribution is 2.25. The zero-order chi connectivity index (χ0) is 13.8. The summed E-state index contributed by atoms with van der Waals surface area (Å²) in [6.07, 6.45) is 0. The molecule has 1 aromatic carbocycles. The van der Waals surface area contributed by atoms with E-state index < -0.39 is 4.92 Å². The highest BCUT2D eigenvalue weighted by Gasteiger charge is 2.15. The van der Waals surface area contributed by atoms with Crippen molar-refractivity contribution >= 4 is 22.7 Å². The molecule has 19 heavy (non-hydrogen) atoms. The minimum atomic E-state index is -0.459. The van der Waals surface area contributed by atoms with Crippen molar-refractivity contribution in [3.05, 3.63) is 50.5 Å². The first-order valence-electron chi connectivity index (χ1n) is 5.65. The number of nitrogen functional groups attached to an aromatic ring is 1. The number of benzene rings is 1. The fraction of sp³-hybridized carbons (Fsp3) is 0.250. The van der Waals surface area contributed by atoms with Gasteiger partial charge < -0.3 is 5.73 Å². The molecule has 0 saturated carbocycles. The van der Waals surface area contributed by atoms with Crippen LogP contribution in [0.4, 0.5) is 11.4 Å². The van der Waals surface area contributed by atoms with Gasteiger partial charge in [0.05, 0.1) is 16.1 Å². The third kappa shape index (κ3) is 3.27. The van der Waals surface area contributed by atoms with E-state index in [1.54, 1.807) is 29.0 Å². The smallest absolute Gasteiger partial charge is 0.292 e. The van der Waals surface area contributed by atoms with Gasteiger partial charge in [-0.2, -0.15) is 0 Å². The first-order valence-corrected chi connectivity index (χ1v) is 6.59. The third-order valence-corrected chi connectivity index (χ3v) is 3.36. The molecule has 100 valence electrons. The number of rotatable bonds is 5. The molecule has 1 aromatic heterocycles. The van der Waals surface area contributed by atoms with Crippen LogP contribution in [0, 0.1) is 10.1 Å². The van der Waals surface area contributed by atoms with Crippen LogP contribution in [0.3, 0.4) is 0 Å². The largest absolute Gasteiger partial charge is 0.393 e. The van der Waals surface area contributed by atoms with Gasteiger partial charge in [0.25, 0.3) is 5.69 Å². The minimum Gasteiger partial charge on any atom is -0.393 e. The lowest BCUT2D eigenvalue weighted by molar-refractivity contribution is -0.384. The summed E-state index contributed by atoms with van der Waals surface area (Å²) in [7, 11) is 1.93. The predicted octanol–water partition coefficient (Wildman–Crippen LogP) is 2.27. The van der Waals surface area contributed by atoms with Crippen LogP contribution >= 0.6 is 11.3 Å². The second kappa shape index (κ2) is 5.77. The van der Waals surface area contributed by atoms with E-state index in [9.17, 15) is 10.1 Å². The second-order valence-electron chi connectivity index (χ2n) is 4.26. The lowest BCUT2D eigenvalue weighted by atomic mass is 10.1. The standard InChI is InChI=1S/C12H14N4O2S/c1-15(6-10-7-19-8-14-10)5-9-3-2-4-11(12(9)13)16(17)18/h2-4,7-8H,5-6,13H2,1H3. The molecule has 0 radical (unpaired) electrons. The molecule has 2 rings (SSSR count). The monoisotopic (exact) mass is 278 g/mol. The van der Waals surface area contributed by atoms with Crippen molar-refractivity contribution in [1.82, 2.24) is 9.88 Å². The van der Waals surface area contributed by atoms with E-state index in [-0.39, 0.29) is 11.4 Å². The van der Waals surface area contributed by atoms with Gasteiger partial charge in [-0.3, -0.25) is 15.0 Å². The van der Waals surface area contributed by atoms with Crippen LogP contribution in [-0.4, -0.2) is 21.9 Å². The number of hydrogen-bond acceptors (Lipinski definition) is 6. The number of aromatic nitrogens is 1. The maximum atomic E-state index is 10.8. The van der Waals surface area contributed by atoms with Gasteiger partial charge >= 0.3 is 0 Å². The van der Waals surface area contributed by atoms with Gasteiger partial charge in [0.15, 0.2) is 0 Å². The molecule has 0 bridgehead atoms. The molecule has 0 fully saturated rings. The summed E-state index contributed by atoms with van der Waals surface area (Å²) >= 11 is 1.55. The predicted molar refractivity (Wildman–Crippen MR) is 74.8 cm³/mol. The Hall–Kier alpha value is -1.99. The zero-order valence-corrected chi connectivity index (χ0v) is 11.3. The Morgan fingerprint density at radius 1 is 1.47 bits per heavy atom. The van der Waals surface area contributed by atoms with Crippen molar-refractivity contribution in [3.8, 4) is 0 Å². The Bertz CT molecular complexity index is 571. The molecule has 6 nitrogen and oxygen atoms in total. The topological polar surface area (TPSA) is 85.3 Å². The summed E-state index contributed by atoms with van der Waals surface area (Å²) < 4.78 is 0. The van der Waals surface area contributed by atoms with E-state index in [4.69, 9.17) is 5.73 Å². The molecule has 7 heteroatoms. The van der Waals surface area contributed by atoms with Gasteiger partial charge in [-0.05, 0) is 12.6 Å². The number of nitro benzene ring substituents is 1. The van der Waals surface area contributed by atoms with Crippen LogP contribution in [-0.2, 0) is 13.1 Å². The maximum absolute atomic E-state index is 10.8. The molecule has 0 unspecified atom stereocenters. The average molecular weight is 278 g/mol. The summed E-state index contributed by atoms with van der Waals surface area (Å²) in [5.41, 5.74) is 9.54. The van der Waals surface area contributed by atoms with Crippen molar-refractivity contribution in [2.75, 3.05) is 12.8 Å². The van der Waals surface area contributed by atoms with Crippen LogP contribution in [0.15, 0.2) is 29.1 Å². The van der Waals surface area contributed by atoms with E-state index in [0.717, 1.165) is 11.3 Å². The molecule has 2 aromatic rings. The maximum Gasteiger partial charge on any atom is 0.292 e. The molecule has 1 heterocycles. The van der Waals surface area contributed by atoms with Gasteiger partial charge in [0, 0.05) is 24.5 Å². The van der Waals surface area contributed by atoms with Crippen LogP contribution in [0.25, 0.3) is 0 Å². The van der Waals surface area contributed by atoms with E-state index in [1.807, 2.05) is 17.3 Å². The van der Waals surface area contributed by atoms with E-state index in [1.165, 1.54) is 6.07 Å². The first-order chi connectivity index (χ1) is 9.08. The van der Waals surface area contributed by atoms with Crippen LogP contribution in [0.1, 0.15) is 11.3 Å². The molecule has 0 aliphatic carbocycles. The highest BCUT2D eigenvalue weighted by molar-refractivity contribution is 7.07. The summed E-state index contributed by atoms with van der Waals surface area (Å²) in [6, 6.07) is 4.87. The van der Waals surface area contributed by atoms with E-state index in [0.29, 0.717) is 13.1 Å². The van der Waals surface area contributed by atoms with Crippen molar-refractivity contribution in [1.29, 1.82) is 0 Å². The Kier molecular flexibility index (Phi) is 4.08. The van der Waals surface area contributed by atoms with Gasteiger partial charge in [-0.1, -0.05) is 12.1 Å². The zero-order valence-electron chi connectivity index (χ0n) is 10.4. The van der Waals surface area contributed by atoms with Crippen molar-refractivity contribution in [2.45, 2.75) is 13.1 Å². The van der Waals surface area contributed by atoms with Crippen LogP contribution in [0.5, 0.6) is 0 Å². The quantitative estimate of drug-likeness (QED) is 0.515. The normalized spacial score (nSPS) is 10.8. The summed E-state index contributed by atoms with van der Waals surface area (Å²) in [5.74, 6) is 0. The lowest BCUT2D eigenvalue weighted by Crippen LogP contribution is -2.18. The lowest BCUT2D eigenvalue weighted by Gasteiger charge is -2.16. The number of nitrogens with zero attached hydrogens (tertiary/aromatic N) is 3. The Labute approximate surface area is 114 Å². The molecule has 0 saturated heterocycles. The Balaban J connectivity index is 2.10. The molecule has 0 spiro atoms. The third-order valence-electron chi connectivity index (χ3n) is 2.73. The fourth-order valence-corrected chi connectivity index (χ4v) is 2.39. The minimum absolute atomic E-state index is 0.0421. The number of anilines is 1. The highest BCUT2D eigenvalue weighted by atomic mass is 32.1. The number of para-hydroxylation sites is 1. The van der Waals surface area contributed by atoms with Crippen LogP contribution in [0.2, 0.25) is 0 Å². The molecule has 0 aliphatic rings. The van der Waals surface area contributed by atoms with Gasteiger partial charge in [0.2, 0.25) is 0 Å². The molecular weight excluding hydrogens is 264 g/mol. The SMILES string of the molecule is CN(Cc1cscn1)Cc1cccc([N+](=O)[O-])c1N. The molecule has 0 atom stereocenters. The van der Waals surface area contributed by atoms with Crippen LogP contribution < -0.4 is 5.73 Å². The van der Waals surface area contributed by atoms with Crippen molar-refractivity contribution in [3.63, 3.8) is 0 Å². The van der Waals surface area contributed by atoms with Crippen molar-refractivity contribution < 1.29 is 4.92 Å². The summed E-state index contributed by atoms with van der Waals surface area (Å²) in [5, 5.41) is 12.8. The second-order valence-corrected chi connectivity index (χ2v) is 4.98. The van der Waals surface area contributed by atoms with Gasteiger partial charge in [-0.15, -0.1) is 11.3 Å². The molecule has 0 amide bonds.